The number of terminal acetylenes is 1. The first-order valence-electron chi connectivity index (χ1n) is 14.4. The fourth-order valence-corrected chi connectivity index (χ4v) is 5.81. The zero-order chi connectivity index (χ0) is 31.4. The highest BCUT2D eigenvalue weighted by molar-refractivity contribution is 6.35. The number of hydrogen-bond donors (Lipinski definition) is 4. The van der Waals surface area contributed by atoms with Crippen molar-refractivity contribution in [1.82, 2.24) is 25.5 Å². The predicted octanol–water partition coefficient (Wildman–Crippen LogP) is 6.30. The molecule has 1 atom stereocenters. The number of benzene rings is 2. The third-order valence-electron chi connectivity index (χ3n) is 8.20. The van der Waals surface area contributed by atoms with Gasteiger partial charge in [0.25, 0.3) is 12.0 Å². The van der Waals surface area contributed by atoms with Gasteiger partial charge in [-0.2, -0.15) is 0 Å². The standard InChI is InChI=1S/C33H34ClF2N7O/c1-6-19-16-37-28-24(27(19)38-18-32(2,3)4)14-20(15-25(28)34)39-29(26-17-43(41-40-26)33(11-12-33)31(35)36)22-8-7-9-23-21(22)10-13-42(5)30(23)44/h1,7-10,13-17,29,31,39-41H,11-12,18H2,2-5H3,(H,37,38)/t29-/m0/s1. The molecule has 1 saturated carbocycles. The number of anilines is 2. The lowest BCUT2D eigenvalue weighted by Gasteiger charge is -2.25. The number of pyridine rings is 2. The van der Waals surface area contributed by atoms with E-state index in [0.29, 0.717) is 52.3 Å². The van der Waals surface area contributed by atoms with E-state index in [4.69, 9.17) is 18.0 Å². The summed E-state index contributed by atoms with van der Waals surface area (Å²) in [6, 6.07) is 10.5. The molecule has 0 unspecified atom stereocenters. The van der Waals surface area contributed by atoms with E-state index < -0.39 is 18.0 Å². The first-order chi connectivity index (χ1) is 20.9. The molecule has 1 aliphatic heterocycles. The number of nitrogens with one attached hydrogen (secondary N) is 4. The number of hydrogen-bond acceptors (Lipinski definition) is 7. The minimum Gasteiger partial charge on any atom is -0.383 e. The summed E-state index contributed by atoms with van der Waals surface area (Å²) in [6.07, 6.45) is 9.12. The first kappa shape index (κ1) is 29.7. The lowest BCUT2D eigenvalue weighted by Crippen LogP contribution is -2.48. The molecule has 228 valence electrons. The van der Waals surface area contributed by atoms with Gasteiger partial charge in [-0.1, -0.05) is 50.4 Å². The molecule has 0 bridgehead atoms. The van der Waals surface area contributed by atoms with Crippen molar-refractivity contribution in [3.63, 3.8) is 0 Å². The Hall–Kier alpha value is -4.33. The van der Waals surface area contributed by atoms with Crippen molar-refractivity contribution < 1.29 is 8.78 Å². The quantitative estimate of drug-likeness (QED) is 0.173. The van der Waals surface area contributed by atoms with E-state index in [-0.39, 0.29) is 11.0 Å². The van der Waals surface area contributed by atoms with Crippen molar-refractivity contribution in [1.29, 1.82) is 0 Å². The second-order valence-corrected chi connectivity index (χ2v) is 13.1. The molecule has 44 heavy (non-hydrogen) atoms. The maximum Gasteiger partial charge on any atom is 0.262 e. The van der Waals surface area contributed by atoms with Crippen LogP contribution < -0.4 is 27.2 Å². The lowest BCUT2D eigenvalue weighted by atomic mass is 9.96. The summed E-state index contributed by atoms with van der Waals surface area (Å²) in [6.45, 7) is 7.04. The number of aryl methyl sites for hydroxylation is 1. The maximum absolute atomic E-state index is 14.0. The zero-order valence-corrected chi connectivity index (χ0v) is 25.7. The van der Waals surface area contributed by atoms with E-state index in [1.807, 2.05) is 24.3 Å². The van der Waals surface area contributed by atoms with Gasteiger partial charge in [0.15, 0.2) is 0 Å². The topological polar surface area (TPSA) is 86.2 Å². The number of fused-ring (bicyclic) bond motifs is 2. The Kier molecular flexibility index (Phi) is 7.42. The Balaban J connectivity index is 1.49. The van der Waals surface area contributed by atoms with E-state index in [1.165, 1.54) is 9.58 Å². The molecule has 1 fully saturated rings. The summed E-state index contributed by atoms with van der Waals surface area (Å²) in [5.41, 5.74) is 8.61. The number of rotatable bonds is 8. The van der Waals surface area contributed by atoms with Crippen LogP contribution in [0.1, 0.15) is 50.8 Å². The third-order valence-corrected chi connectivity index (χ3v) is 8.49. The van der Waals surface area contributed by atoms with Crippen LogP contribution >= 0.6 is 11.6 Å². The SMILES string of the molecule is C#Cc1cnc2c(Cl)cc(N[C@H](C3=CN(C4(C(F)F)CC4)NN3)c3cccc4c(=O)n(C)ccc34)cc2c1NCC(C)(C)C. The van der Waals surface area contributed by atoms with E-state index >= 15 is 0 Å². The lowest BCUT2D eigenvalue weighted by molar-refractivity contribution is 0.00911. The molecule has 3 heterocycles. The third kappa shape index (κ3) is 5.31. The number of nitrogens with zero attached hydrogens (tertiary/aromatic N) is 3. The van der Waals surface area contributed by atoms with Gasteiger partial charge in [0.2, 0.25) is 0 Å². The normalized spacial score (nSPS) is 16.5. The molecule has 1 aliphatic carbocycles. The van der Waals surface area contributed by atoms with Crippen molar-refractivity contribution in [2.45, 2.75) is 51.6 Å². The van der Waals surface area contributed by atoms with Gasteiger partial charge in [0.05, 0.1) is 33.5 Å². The van der Waals surface area contributed by atoms with Gasteiger partial charge in [-0.15, -0.1) is 12.0 Å². The monoisotopic (exact) mass is 617 g/mol. The largest absolute Gasteiger partial charge is 0.383 e. The zero-order valence-electron chi connectivity index (χ0n) is 24.9. The maximum atomic E-state index is 14.0. The highest BCUT2D eigenvalue weighted by Crippen LogP contribution is 2.47. The van der Waals surface area contributed by atoms with Gasteiger partial charge in [-0.25, -0.2) is 8.78 Å². The molecule has 0 amide bonds. The van der Waals surface area contributed by atoms with E-state index in [0.717, 1.165) is 22.0 Å². The molecule has 6 rings (SSSR count). The molecule has 0 radical (unpaired) electrons. The fraction of sp³-hybridized carbons (Fsp3) is 0.333. The molecule has 2 aliphatic rings. The van der Waals surface area contributed by atoms with Crippen LogP contribution in [0.15, 0.2) is 65.5 Å². The Bertz CT molecular complexity index is 1900. The molecule has 0 saturated heterocycles. The predicted molar refractivity (Wildman–Crippen MR) is 172 cm³/mol. The molecular formula is C33H34ClF2N7O. The minimum atomic E-state index is -2.52. The summed E-state index contributed by atoms with van der Waals surface area (Å²) < 4.78 is 29.5. The van der Waals surface area contributed by atoms with Crippen molar-refractivity contribution in [2.24, 2.45) is 12.5 Å². The molecule has 2 aromatic heterocycles. The van der Waals surface area contributed by atoms with E-state index in [9.17, 15) is 13.6 Å². The number of hydrazine groups is 2. The number of alkyl halides is 2. The van der Waals surface area contributed by atoms with Crippen LogP contribution in [0.4, 0.5) is 20.2 Å². The first-order valence-corrected chi connectivity index (χ1v) is 14.8. The molecule has 11 heteroatoms. The minimum absolute atomic E-state index is 0.0196. The van der Waals surface area contributed by atoms with Gasteiger partial charge in [0.1, 0.15) is 5.54 Å². The van der Waals surface area contributed by atoms with E-state index in [1.54, 1.807) is 37.8 Å². The van der Waals surface area contributed by atoms with Crippen LogP contribution in [0.25, 0.3) is 21.7 Å². The van der Waals surface area contributed by atoms with E-state index in [2.05, 4.69) is 53.3 Å². The van der Waals surface area contributed by atoms with Crippen LogP contribution in [0.5, 0.6) is 0 Å². The summed E-state index contributed by atoms with van der Waals surface area (Å²) >= 11 is 6.81. The van der Waals surface area contributed by atoms with Crippen LogP contribution in [0.2, 0.25) is 5.02 Å². The van der Waals surface area contributed by atoms with Crippen LogP contribution in [0.3, 0.4) is 0 Å². The highest BCUT2D eigenvalue weighted by Gasteiger charge is 2.56. The smallest absolute Gasteiger partial charge is 0.262 e. The summed E-state index contributed by atoms with van der Waals surface area (Å²) in [4.78, 5) is 17.6. The Labute approximate surface area is 259 Å². The van der Waals surface area contributed by atoms with Crippen LogP contribution in [-0.4, -0.2) is 33.1 Å². The molecule has 4 aromatic rings. The Morgan fingerprint density at radius 3 is 2.64 bits per heavy atom. The Morgan fingerprint density at radius 1 is 1.18 bits per heavy atom. The summed E-state index contributed by atoms with van der Waals surface area (Å²) in [5, 5.41) is 11.0. The highest BCUT2D eigenvalue weighted by atomic mass is 35.5. The molecule has 8 nitrogen and oxygen atoms in total. The molecule has 4 N–H and O–H groups in total. The second kappa shape index (κ2) is 11.0. The number of aromatic nitrogens is 2. The average Bonchev–Trinajstić information content (AvgIpc) is 3.66. The van der Waals surface area contributed by atoms with Crippen molar-refractivity contribution in [3.05, 3.63) is 87.2 Å². The van der Waals surface area contributed by atoms with Gasteiger partial charge in [-0.3, -0.25) is 14.8 Å². The van der Waals surface area contributed by atoms with Crippen molar-refractivity contribution in [3.8, 4) is 12.3 Å². The second-order valence-electron chi connectivity index (χ2n) is 12.7. The molecule has 0 spiro atoms. The van der Waals surface area contributed by atoms with Gasteiger partial charge >= 0.3 is 0 Å². The van der Waals surface area contributed by atoms with Crippen LogP contribution in [0, 0.1) is 17.8 Å². The van der Waals surface area contributed by atoms with Crippen molar-refractivity contribution >= 4 is 44.7 Å². The molecule has 2 aromatic carbocycles. The number of halogens is 3. The average molecular weight is 618 g/mol. The summed E-state index contributed by atoms with van der Waals surface area (Å²) in [7, 11) is 1.70. The molecular weight excluding hydrogens is 584 g/mol. The van der Waals surface area contributed by atoms with Gasteiger partial charge < -0.3 is 20.6 Å². The van der Waals surface area contributed by atoms with Crippen molar-refractivity contribution in [2.75, 3.05) is 17.2 Å². The van der Waals surface area contributed by atoms with Crippen LogP contribution in [-0.2, 0) is 7.05 Å². The van der Waals surface area contributed by atoms with Gasteiger partial charge in [0, 0.05) is 48.6 Å². The Morgan fingerprint density at radius 2 is 1.95 bits per heavy atom. The summed E-state index contributed by atoms with van der Waals surface area (Å²) in [5.74, 6) is 2.72. The fourth-order valence-electron chi connectivity index (χ4n) is 5.54. The van der Waals surface area contributed by atoms with Gasteiger partial charge in [-0.05, 0) is 53.5 Å².